The summed E-state index contributed by atoms with van der Waals surface area (Å²) in [5, 5.41) is 4.64. The van der Waals surface area contributed by atoms with Crippen molar-refractivity contribution in [2.75, 3.05) is 0 Å². The third-order valence-corrected chi connectivity index (χ3v) is 4.52. The molecule has 1 saturated carbocycles. The van der Waals surface area contributed by atoms with E-state index in [0.717, 1.165) is 5.69 Å². The number of hydrogen-bond donors (Lipinski definition) is 0. The average molecular weight is 336 g/mol. The highest BCUT2D eigenvalue weighted by molar-refractivity contribution is 9.10. The van der Waals surface area contributed by atoms with Crippen molar-refractivity contribution < 1.29 is 0 Å². The molecule has 0 atom stereocenters. The van der Waals surface area contributed by atoms with Crippen LogP contribution in [0.25, 0.3) is 0 Å². The second-order valence-electron chi connectivity index (χ2n) is 5.37. The molecule has 0 amide bonds. The Bertz CT molecular complexity index is 641. The van der Waals surface area contributed by atoms with Crippen molar-refractivity contribution in [3.8, 4) is 0 Å². The van der Waals surface area contributed by atoms with Crippen LogP contribution in [0.3, 0.4) is 0 Å². The van der Waals surface area contributed by atoms with Gasteiger partial charge < -0.3 is 4.57 Å². The first-order valence-corrected chi connectivity index (χ1v) is 7.92. The third-order valence-electron chi connectivity index (χ3n) is 3.92. The zero-order valence-corrected chi connectivity index (χ0v) is 12.9. The summed E-state index contributed by atoms with van der Waals surface area (Å²) in [6.45, 7) is 0.526. The van der Waals surface area contributed by atoms with Gasteiger partial charge >= 0.3 is 0 Å². The number of hydrogen-bond acceptors (Lipinski definition) is 2. The molecule has 0 aromatic carbocycles. The molecule has 2 heterocycles. The van der Waals surface area contributed by atoms with E-state index < -0.39 is 0 Å². The van der Waals surface area contributed by atoms with E-state index in [2.05, 4.69) is 25.7 Å². The maximum atomic E-state index is 12.0. The Kier molecular flexibility index (Phi) is 4.05. The Morgan fingerprint density at radius 3 is 2.80 bits per heavy atom. The average Bonchev–Trinajstić information content (AvgIpc) is 2.93. The molecular weight excluding hydrogens is 318 g/mol. The Labute approximate surface area is 126 Å². The second-order valence-corrected chi connectivity index (χ2v) is 6.22. The van der Waals surface area contributed by atoms with Crippen LogP contribution in [0.1, 0.15) is 43.8 Å². The highest BCUT2D eigenvalue weighted by Gasteiger charge is 2.16. The number of aromatic nitrogens is 3. The van der Waals surface area contributed by atoms with Gasteiger partial charge in [-0.2, -0.15) is 5.10 Å². The topological polar surface area (TPSA) is 39.8 Å². The fraction of sp³-hybridized carbons (Fsp3) is 0.467. The van der Waals surface area contributed by atoms with Gasteiger partial charge in [0.2, 0.25) is 0 Å². The van der Waals surface area contributed by atoms with Gasteiger partial charge in [-0.3, -0.25) is 9.48 Å². The lowest BCUT2D eigenvalue weighted by molar-refractivity contribution is 0.328. The molecule has 0 bridgehead atoms. The summed E-state index contributed by atoms with van der Waals surface area (Å²) in [4.78, 5) is 12.0. The summed E-state index contributed by atoms with van der Waals surface area (Å²) >= 11 is 3.27. The first-order valence-electron chi connectivity index (χ1n) is 7.13. The fourth-order valence-corrected chi connectivity index (χ4v) is 3.20. The number of nitrogens with zero attached hydrogens (tertiary/aromatic N) is 3. The lowest BCUT2D eigenvalue weighted by Gasteiger charge is -2.21. The molecule has 4 nitrogen and oxygen atoms in total. The van der Waals surface area contributed by atoms with Crippen LogP contribution in [0.15, 0.2) is 39.9 Å². The van der Waals surface area contributed by atoms with Gasteiger partial charge in [-0.15, -0.1) is 0 Å². The van der Waals surface area contributed by atoms with Crippen molar-refractivity contribution in [3.05, 3.63) is 51.1 Å². The molecule has 1 aliphatic carbocycles. The van der Waals surface area contributed by atoms with Crippen LogP contribution in [-0.4, -0.2) is 14.3 Å². The normalized spacial score (nSPS) is 16.4. The molecule has 1 aliphatic rings. The number of rotatable bonds is 3. The van der Waals surface area contributed by atoms with Gasteiger partial charge in [0.25, 0.3) is 5.56 Å². The van der Waals surface area contributed by atoms with Crippen molar-refractivity contribution in [1.82, 2.24) is 14.3 Å². The van der Waals surface area contributed by atoms with Gasteiger partial charge in [0.1, 0.15) is 0 Å². The summed E-state index contributed by atoms with van der Waals surface area (Å²) in [6, 6.07) is 6.18. The van der Waals surface area contributed by atoms with Crippen molar-refractivity contribution in [1.29, 1.82) is 0 Å². The van der Waals surface area contributed by atoms with Crippen LogP contribution in [-0.2, 0) is 6.54 Å². The van der Waals surface area contributed by atoms with Crippen molar-refractivity contribution in [2.45, 2.75) is 44.7 Å². The maximum Gasteiger partial charge on any atom is 0.265 e. The Balaban J connectivity index is 1.77. The molecule has 0 radical (unpaired) electrons. The highest BCUT2D eigenvalue weighted by atomic mass is 79.9. The number of halogens is 1. The van der Waals surface area contributed by atoms with Gasteiger partial charge in [0, 0.05) is 12.4 Å². The van der Waals surface area contributed by atoms with Crippen LogP contribution < -0.4 is 5.56 Å². The molecule has 20 heavy (non-hydrogen) atoms. The molecule has 0 N–H and O–H groups in total. The molecule has 2 aromatic heterocycles. The van der Waals surface area contributed by atoms with Gasteiger partial charge in [-0.25, -0.2) is 0 Å². The smallest absolute Gasteiger partial charge is 0.265 e. The second kappa shape index (κ2) is 5.95. The zero-order valence-electron chi connectivity index (χ0n) is 11.3. The molecular formula is C15H18BrN3O. The van der Waals surface area contributed by atoms with Crippen LogP contribution in [0, 0.1) is 0 Å². The Morgan fingerprint density at radius 1 is 1.20 bits per heavy atom. The summed E-state index contributed by atoms with van der Waals surface area (Å²) in [6.07, 6.45) is 10.2. The predicted octanol–water partition coefficient (Wildman–Crippen LogP) is 3.36. The van der Waals surface area contributed by atoms with E-state index in [9.17, 15) is 4.79 Å². The predicted molar refractivity (Wildman–Crippen MR) is 81.9 cm³/mol. The van der Waals surface area contributed by atoms with Crippen LogP contribution in [0.5, 0.6) is 0 Å². The monoisotopic (exact) mass is 335 g/mol. The van der Waals surface area contributed by atoms with E-state index in [1.165, 1.54) is 32.1 Å². The Morgan fingerprint density at radius 2 is 2.00 bits per heavy atom. The standard InChI is InChI=1S/C15H18BrN3O/c16-14-7-4-9-18(15(14)20)11-12-8-10-19(17-12)13-5-2-1-3-6-13/h4,7-10,13H,1-3,5-6,11H2. The minimum absolute atomic E-state index is 0.0142. The van der Waals surface area contributed by atoms with Gasteiger partial charge in [0.05, 0.1) is 22.8 Å². The third kappa shape index (κ3) is 2.87. The summed E-state index contributed by atoms with van der Waals surface area (Å²) in [7, 11) is 0. The van der Waals surface area contributed by atoms with E-state index in [1.54, 1.807) is 16.8 Å². The Hall–Kier alpha value is -1.36. The molecule has 0 saturated heterocycles. The summed E-state index contributed by atoms with van der Waals surface area (Å²) in [5.41, 5.74) is 0.926. The molecule has 1 fully saturated rings. The maximum absolute atomic E-state index is 12.0. The van der Waals surface area contributed by atoms with Gasteiger partial charge in [-0.1, -0.05) is 19.3 Å². The first kappa shape index (κ1) is 13.6. The molecule has 106 valence electrons. The largest absolute Gasteiger partial charge is 0.308 e. The molecule has 2 aromatic rings. The van der Waals surface area contributed by atoms with E-state index in [1.807, 2.05) is 18.3 Å². The van der Waals surface area contributed by atoms with Crippen LogP contribution in [0.2, 0.25) is 0 Å². The lowest BCUT2D eigenvalue weighted by atomic mass is 9.96. The fourth-order valence-electron chi connectivity index (χ4n) is 2.82. The SMILES string of the molecule is O=c1c(Br)cccn1Cc1ccn(C2CCCCC2)n1. The molecule has 0 unspecified atom stereocenters. The molecule has 5 heteroatoms. The summed E-state index contributed by atoms with van der Waals surface area (Å²) in [5.74, 6) is 0. The lowest BCUT2D eigenvalue weighted by Crippen LogP contribution is -2.20. The van der Waals surface area contributed by atoms with E-state index in [0.29, 0.717) is 17.1 Å². The molecule has 3 rings (SSSR count). The van der Waals surface area contributed by atoms with Crippen LogP contribution in [0.4, 0.5) is 0 Å². The van der Waals surface area contributed by atoms with Crippen molar-refractivity contribution >= 4 is 15.9 Å². The molecule has 0 aliphatic heterocycles. The van der Waals surface area contributed by atoms with E-state index in [-0.39, 0.29) is 5.56 Å². The van der Waals surface area contributed by atoms with E-state index >= 15 is 0 Å². The minimum atomic E-state index is -0.0142. The first-order chi connectivity index (χ1) is 9.74. The van der Waals surface area contributed by atoms with Crippen LogP contribution >= 0.6 is 15.9 Å². The van der Waals surface area contributed by atoms with Crippen molar-refractivity contribution in [3.63, 3.8) is 0 Å². The zero-order chi connectivity index (χ0) is 13.9. The number of pyridine rings is 1. The van der Waals surface area contributed by atoms with Gasteiger partial charge in [-0.05, 0) is 47.0 Å². The highest BCUT2D eigenvalue weighted by Crippen LogP contribution is 2.27. The van der Waals surface area contributed by atoms with E-state index in [4.69, 9.17) is 0 Å². The minimum Gasteiger partial charge on any atom is -0.308 e. The van der Waals surface area contributed by atoms with Crippen molar-refractivity contribution in [2.24, 2.45) is 0 Å². The quantitative estimate of drug-likeness (QED) is 0.862. The molecule has 0 spiro atoms. The summed E-state index contributed by atoms with van der Waals surface area (Å²) < 4.78 is 4.35. The van der Waals surface area contributed by atoms with Gasteiger partial charge in [0.15, 0.2) is 0 Å².